The SMILES string of the molecule is N#Cc1cccc(-c2cc(-n3c4ccccc4c4cc(C(F)(F)F)ccc43)c(C(F)(F)F)c(-n3c4ccccc4c4cc(C(F)(F)F)ccc43)c2)c1. The van der Waals surface area contributed by atoms with E-state index in [1.807, 2.05) is 6.07 Å². The summed E-state index contributed by atoms with van der Waals surface area (Å²) in [5, 5.41) is 10.3. The maximum atomic E-state index is 15.8. The summed E-state index contributed by atoms with van der Waals surface area (Å²) in [5.41, 5.74) is -2.74. The minimum Gasteiger partial charge on any atom is -0.309 e. The summed E-state index contributed by atoms with van der Waals surface area (Å²) < 4.78 is 133. The number of hydrogen-bond donors (Lipinski definition) is 0. The molecule has 258 valence electrons. The van der Waals surface area contributed by atoms with Gasteiger partial charge in [0.1, 0.15) is 5.56 Å². The van der Waals surface area contributed by atoms with Gasteiger partial charge in [-0.25, -0.2) is 0 Å². The summed E-state index contributed by atoms with van der Waals surface area (Å²) in [5.74, 6) is 0. The Morgan fingerprint density at radius 1 is 0.423 bits per heavy atom. The molecule has 0 aliphatic heterocycles. The van der Waals surface area contributed by atoms with Gasteiger partial charge in [-0.05, 0) is 83.9 Å². The molecule has 0 aliphatic carbocycles. The molecule has 0 saturated heterocycles. The number of fused-ring (bicyclic) bond motifs is 6. The highest BCUT2D eigenvalue weighted by atomic mass is 19.4. The summed E-state index contributed by atoms with van der Waals surface area (Å²) in [4.78, 5) is 0. The van der Waals surface area contributed by atoms with Crippen LogP contribution >= 0.6 is 0 Å². The van der Waals surface area contributed by atoms with Crippen molar-refractivity contribution in [1.29, 1.82) is 5.26 Å². The summed E-state index contributed by atoms with van der Waals surface area (Å²) in [6.07, 6.45) is -14.6. The number of aromatic nitrogens is 2. The fourth-order valence-electron chi connectivity index (χ4n) is 7.01. The molecular weight excluding hydrogens is 693 g/mol. The van der Waals surface area contributed by atoms with Crippen LogP contribution in [-0.4, -0.2) is 9.13 Å². The molecule has 8 rings (SSSR count). The van der Waals surface area contributed by atoms with Crippen molar-refractivity contribution in [2.75, 3.05) is 0 Å². The average Bonchev–Trinajstić information content (AvgIpc) is 3.62. The number of hydrogen-bond acceptors (Lipinski definition) is 1. The molecular formula is C40H20F9N3. The van der Waals surface area contributed by atoms with E-state index in [1.54, 1.807) is 36.4 Å². The Hall–Kier alpha value is -6.22. The minimum absolute atomic E-state index is 0.0608. The Morgan fingerprint density at radius 2 is 0.885 bits per heavy atom. The highest BCUT2D eigenvalue weighted by Gasteiger charge is 2.40. The van der Waals surface area contributed by atoms with Crippen LogP contribution in [0.25, 0.3) is 66.1 Å². The van der Waals surface area contributed by atoms with Crippen molar-refractivity contribution in [3.63, 3.8) is 0 Å². The molecule has 12 heteroatoms. The van der Waals surface area contributed by atoms with Crippen LogP contribution in [0, 0.1) is 11.3 Å². The molecule has 0 unspecified atom stereocenters. The van der Waals surface area contributed by atoms with Gasteiger partial charge in [-0.15, -0.1) is 0 Å². The zero-order valence-corrected chi connectivity index (χ0v) is 26.3. The van der Waals surface area contributed by atoms with Crippen LogP contribution in [0.3, 0.4) is 0 Å². The molecule has 2 aromatic heterocycles. The molecule has 0 N–H and O–H groups in total. The number of benzene rings is 6. The number of alkyl halides is 9. The molecule has 0 amide bonds. The van der Waals surface area contributed by atoms with Crippen LogP contribution in [-0.2, 0) is 18.5 Å². The summed E-state index contributed by atoms with van der Waals surface area (Å²) in [6.45, 7) is 0. The smallest absolute Gasteiger partial charge is 0.309 e. The first-order valence-electron chi connectivity index (χ1n) is 15.6. The molecule has 0 bridgehead atoms. The number of nitrogens with zero attached hydrogens (tertiary/aromatic N) is 3. The first-order chi connectivity index (χ1) is 24.6. The van der Waals surface area contributed by atoms with Crippen LogP contribution in [0.1, 0.15) is 22.3 Å². The summed E-state index contributed by atoms with van der Waals surface area (Å²) in [6, 6.07) is 28.7. The Balaban J connectivity index is 1.57. The van der Waals surface area contributed by atoms with Crippen LogP contribution < -0.4 is 0 Å². The largest absolute Gasteiger partial charge is 0.420 e. The highest BCUT2D eigenvalue weighted by Crippen LogP contribution is 2.47. The topological polar surface area (TPSA) is 33.6 Å². The summed E-state index contributed by atoms with van der Waals surface area (Å²) >= 11 is 0. The predicted octanol–water partition coefficient (Wildman–Crippen LogP) is 12.5. The van der Waals surface area contributed by atoms with Crippen molar-refractivity contribution >= 4 is 43.6 Å². The second-order valence-corrected chi connectivity index (χ2v) is 12.2. The van der Waals surface area contributed by atoms with E-state index >= 15 is 13.2 Å². The normalized spacial score (nSPS) is 12.7. The first kappa shape index (κ1) is 33.0. The Labute approximate surface area is 288 Å². The van der Waals surface area contributed by atoms with E-state index in [1.165, 1.54) is 57.7 Å². The van der Waals surface area contributed by atoms with Gasteiger partial charge in [0.15, 0.2) is 0 Å². The quantitative estimate of drug-likeness (QED) is 0.168. The van der Waals surface area contributed by atoms with Gasteiger partial charge in [0.25, 0.3) is 0 Å². The molecule has 0 atom stereocenters. The third kappa shape index (κ3) is 5.23. The van der Waals surface area contributed by atoms with Crippen molar-refractivity contribution in [2.24, 2.45) is 0 Å². The lowest BCUT2D eigenvalue weighted by atomic mass is 9.98. The van der Waals surface area contributed by atoms with Gasteiger partial charge in [-0.3, -0.25) is 0 Å². The first-order valence-corrected chi connectivity index (χ1v) is 15.6. The van der Waals surface area contributed by atoms with Crippen molar-refractivity contribution in [2.45, 2.75) is 18.5 Å². The van der Waals surface area contributed by atoms with Gasteiger partial charge >= 0.3 is 18.5 Å². The van der Waals surface area contributed by atoms with E-state index in [0.29, 0.717) is 5.56 Å². The standard InChI is InChI=1S/C40H20F9N3/c41-38(42,43)25-12-14-33-29(19-25)27-8-1-3-10-31(27)51(33)35-17-24(23-7-5-6-22(16-23)21-50)18-36(37(35)40(47,48)49)52-32-11-4-2-9-28(32)30-20-26(39(44,45)46)13-15-34(30)52/h1-20H. The van der Waals surface area contributed by atoms with E-state index in [9.17, 15) is 31.6 Å². The van der Waals surface area contributed by atoms with Crippen LogP contribution in [0.5, 0.6) is 0 Å². The second kappa shape index (κ2) is 11.4. The molecule has 0 radical (unpaired) electrons. The fourth-order valence-corrected chi connectivity index (χ4v) is 7.01. The zero-order valence-electron chi connectivity index (χ0n) is 26.3. The lowest BCUT2D eigenvalue weighted by Gasteiger charge is -2.23. The third-order valence-electron chi connectivity index (χ3n) is 9.19. The van der Waals surface area contributed by atoms with E-state index in [0.717, 1.165) is 36.4 Å². The van der Waals surface area contributed by atoms with E-state index in [4.69, 9.17) is 0 Å². The Bertz CT molecular complexity index is 2620. The zero-order chi connectivity index (χ0) is 36.7. The molecule has 0 saturated carbocycles. The van der Waals surface area contributed by atoms with Crippen LogP contribution in [0.4, 0.5) is 39.5 Å². The van der Waals surface area contributed by atoms with E-state index in [-0.39, 0.29) is 54.7 Å². The average molecular weight is 714 g/mol. The molecule has 0 fully saturated rings. The second-order valence-electron chi connectivity index (χ2n) is 12.2. The Morgan fingerprint density at radius 3 is 1.33 bits per heavy atom. The minimum atomic E-state index is -5.11. The molecule has 8 aromatic rings. The van der Waals surface area contributed by atoms with Gasteiger partial charge in [-0.2, -0.15) is 44.8 Å². The van der Waals surface area contributed by atoms with Crippen LogP contribution in [0.2, 0.25) is 0 Å². The fraction of sp³-hybridized carbons (Fsp3) is 0.0750. The molecule has 2 heterocycles. The van der Waals surface area contributed by atoms with Gasteiger partial charge in [-0.1, -0.05) is 48.5 Å². The molecule has 52 heavy (non-hydrogen) atoms. The van der Waals surface area contributed by atoms with Crippen molar-refractivity contribution in [3.05, 3.63) is 144 Å². The van der Waals surface area contributed by atoms with E-state index in [2.05, 4.69) is 0 Å². The number of para-hydroxylation sites is 2. The highest BCUT2D eigenvalue weighted by molar-refractivity contribution is 6.11. The maximum absolute atomic E-state index is 15.8. The molecule has 0 aliphatic rings. The summed E-state index contributed by atoms with van der Waals surface area (Å²) in [7, 11) is 0. The van der Waals surface area contributed by atoms with Gasteiger partial charge in [0.05, 0.1) is 56.2 Å². The lowest BCUT2D eigenvalue weighted by molar-refractivity contribution is -0.138. The number of nitriles is 1. The van der Waals surface area contributed by atoms with Crippen LogP contribution in [0.15, 0.2) is 121 Å². The maximum Gasteiger partial charge on any atom is 0.420 e. The molecule has 0 spiro atoms. The number of halogens is 9. The van der Waals surface area contributed by atoms with Gasteiger partial charge in [0, 0.05) is 21.5 Å². The monoisotopic (exact) mass is 713 g/mol. The lowest BCUT2D eigenvalue weighted by Crippen LogP contribution is -2.16. The predicted molar refractivity (Wildman–Crippen MR) is 180 cm³/mol. The van der Waals surface area contributed by atoms with Crippen molar-refractivity contribution in [3.8, 4) is 28.6 Å². The molecule has 3 nitrogen and oxygen atoms in total. The van der Waals surface area contributed by atoms with Crippen molar-refractivity contribution in [1.82, 2.24) is 9.13 Å². The Kier molecular flexibility index (Phi) is 7.22. The van der Waals surface area contributed by atoms with Crippen molar-refractivity contribution < 1.29 is 39.5 Å². The number of rotatable bonds is 3. The van der Waals surface area contributed by atoms with Gasteiger partial charge in [0.2, 0.25) is 0 Å². The molecule has 6 aromatic carbocycles. The van der Waals surface area contributed by atoms with E-state index < -0.39 is 46.6 Å². The third-order valence-corrected chi connectivity index (χ3v) is 9.19. The van der Waals surface area contributed by atoms with Gasteiger partial charge < -0.3 is 9.13 Å².